The van der Waals surface area contributed by atoms with Crippen LogP contribution in [0.4, 0.5) is 5.69 Å². The molecular weight excluding hydrogens is 282 g/mol. The van der Waals surface area contributed by atoms with Crippen molar-refractivity contribution in [1.82, 2.24) is 9.55 Å². The Kier molecular flexibility index (Phi) is 3.51. The molecule has 108 valence electrons. The van der Waals surface area contributed by atoms with Gasteiger partial charge in [0.15, 0.2) is 0 Å². The van der Waals surface area contributed by atoms with Crippen molar-refractivity contribution in [2.24, 2.45) is 7.05 Å². The first-order valence-corrected chi connectivity index (χ1v) is 7.65. The molecule has 0 saturated carbocycles. The molecule has 0 aliphatic carbocycles. The summed E-state index contributed by atoms with van der Waals surface area (Å²) in [7, 11) is 1.79. The SMILES string of the molecule is Cc1cnc(C(C)Nc2cc(=O)n(C)c3ccccc23)s1. The zero-order valence-corrected chi connectivity index (χ0v) is 13.1. The monoisotopic (exact) mass is 299 g/mol. The highest BCUT2D eigenvalue weighted by Gasteiger charge is 2.12. The summed E-state index contributed by atoms with van der Waals surface area (Å²) < 4.78 is 1.67. The van der Waals surface area contributed by atoms with Gasteiger partial charge < -0.3 is 9.88 Å². The second-order valence-electron chi connectivity index (χ2n) is 5.15. The normalized spacial score (nSPS) is 12.5. The number of anilines is 1. The van der Waals surface area contributed by atoms with Gasteiger partial charge in [0.25, 0.3) is 5.56 Å². The van der Waals surface area contributed by atoms with Crippen LogP contribution in [0.5, 0.6) is 0 Å². The highest BCUT2D eigenvalue weighted by Crippen LogP contribution is 2.27. The highest BCUT2D eigenvalue weighted by molar-refractivity contribution is 7.11. The Balaban J connectivity index is 2.05. The molecule has 0 spiro atoms. The van der Waals surface area contributed by atoms with Gasteiger partial charge in [-0.1, -0.05) is 18.2 Å². The van der Waals surface area contributed by atoms with Crippen LogP contribution in [0.25, 0.3) is 10.9 Å². The molecule has 0 fully saturated rings. The van der Waals surface area contributed by atoms with Gasteiger partial charge >= 0.3 is 0 Å². The molecule has 1 unspecified atom stereocenters. The number of hydrogen-bond acceptors (Lipinski definition) is 4. The summed E-state index contributed by atoms with van der Waals surface area (Å²) in [6.07, 6.45) is 1.88. The second-order valence-corrected chi connectivity index (χ2v) is 6.41. The van der Waals surface area contributed by atoms with Gasteiger partial charge in [-0.3, -0.25) is 4.79 Å². The van der Waals surface area contributed by atoms with E-state index in [9.17, 15) is 4.79 Å². The number of benzene rings is 1. The van der Waals surface area contributed by atoms with Crippen LogP contribution in [0.1, 0.15) is 22.9 Å². The number of thiazole rings is 1. The number of fused-ring (bicyclic) bond motifs is 1. The van der Waals surface area contributed by atoms with E-state index in [4.69, 9.17) is 0 Å². The molecule has 1 atom stereocenters. The quantitative estimate of drug-likeness (QED) is 0.805. The average molecular weight is 299 g/mol. The molecule has 0 amide bonds. The fourth-order valence-electron chi connectivity index (χ4n) is 2.40. The molecule has 0 saturated heterocycles. The first-order chi connectivity index (χ1) is 10.1. The number of nitrogens with one attached hydrogen (secondary N) is 1. The molecule has 1 N–H and O–H groups in total. The Hall–Kier alpha value is -2.14. The van der Waals surface area contributed by atoms with Crippen LogP contribution < -0.4 is 10.9 Å². The molecule has 2 aromatic heterocycles. The second kappa shape index (κ2) is 5.33. The lowest BCUT2D eigenvalue weighted by molar-refractivity contribution is 0.863. The minimum atomic E-state index is -0.0151. The first-order valence-electron chi connectivity index (χ1n) is 6.84. The molecule has 3 aromatic rings. The smallest absolute Gasteiger partial charge is 0.252 e. The molecule has 0 bridgehead atoms. The zero-order chi connectivity index (χ0) is 15.0. The van der Waals surface area contributed by atoms with E-state index in [0.29, 0.717) is 0 Å². The maximum absolute atomic E-state index is 12.1. The van der Waals surface area contributed by atoms with Crippen LogP contribution in [0.15, 0.2) is 41.3 Å². The molecule has 2 heterocycles. The van der Waals surface area contributed by atoms with Gasteiger partial charge in [-0.05, 0) is 19.9 Å². The lowest BCUT2D eigenvalue weighted by Gasteiger charge is -2.16. The minimum Gasteiger partial charge on any atom is -0.375 e. The molecule has 5 heteroatoms. The van der Waals surface area contributed by atoms with Gasteiger partial charge in [0.05, 0.1) is 11.6 Å². The van der Waals surface area contributed by atoms with Crippen LogP contribution in [0, 0.1) is 6.92 Å². The summed E-state index contributed by atoms with van der Waals surface area (Å²) in [5.41, 5.74) is 1.77. The van der Waals surface area contributed by atoms with Crippen molar-refractivity contribution in [2.75, 3.05) is 5.32 Å². The Labute approximate surface area is 127 Å². The molecule has 4 nitrogen and oxygen atoms in total. The van der Waals surface area contributed by atoms with Crippen molar-refractivity contribution in [3.8, 4) is 0 Å². The van der Waals surface area contributed by atoms with E-state index in [-0.39, 0.29) is 11.6 Å². The third-order valence-corrected chi connectivity index (χ3v) is 4.63. The summed E-state index contributed by atoms with van der Waals surface area (Å²) in [6.45, 7) is 4.10. The lowest BCUT2D eigenvalue weighted by Crippen LogP contribution is -2.18. The summed E-state index contributed by atoms with van der Waals surface area (Å²) in [5.74, 6) is 0. The topological polar surface area (TPSA) is 46.9 Å². The van der Waals surface area contributed by atoms with Crippen LogP contribution in [0.2, 0.25) is 0 Å². The van der Waals surface area contributed by atoms with Crippen LogP contribution in [-0.4, -0.2) is 9.55 Å². The summed E-state index contributed by atoms with van der Waals surface area (Å²) in [6, 6.07) is 9.63. The number of aromatic nitrogens is 2. The fraction of sp³-hybridized carbons (Fsp3) is 0.250. The van der Waals surface area contributed by atoms with Crippen LogP contribution >= 0.6 is 11.3 Å². The van der Waals surface area contributed by atoms with Gasteiger partial charge in [0.2, 0.25) is 0 Å². The first kappa shape index (κ1) is 13.8. The van der Waals surface area contributed by atoms with Gasteiger partial charge in [0.1, 0.15) is 5.01 Å². The number of pyridine rings is 1. The Morgan fingerprint density at radius 1 is 1.33 bits per heavy atom. The highest BCUT2D eigenvalue weighted by atomic mass is 32.1. The zero-order valence-electron chi connectivity index (χ0n) is 12.3. The van der Waals surface area contributed by atoms with E-state index < -0.39 is 0 Å². The summed E-state index contributed by atoms with van der Waals surface area (Å²) in [5, 5.41) is 5.48. The van der Waals surface area contributed by atoms with Crippen LogP contribution in [0.3, 0.4) is 0 Å². The van der Waals surface area contributed by atoms with Gasteiger partial charge in [-0.25, -0.2) is 4.98 Å². The Bertz CT molecular complexity index is 850. The maximum atomic E-state index is 12.1. The largest absolute Gasteiger partial charge is 0.375 e. The molecule has 3 rings (SSSR count). The van der Waals surface area contributed by atoms with E-state index in [0.717, 1.165) is 21.6 Å². The molecule has 0 aliphatic rings. The Morgan fingerprint density at radius 3 is 2.81 bits per heavy atom. The third-order valence-electron chi connectivity index (χ3n) is 3.54. The Morgan fingerprint density at radius 2 is 2.10 bits per heavy atom. The van der Waals surface area contributed by atoms with Crippen molar-refractivity contribution in [3.63, 3.8) is 0 Å². The number of hydrogen-bond donors (Lipinski definition) is 1. The number of para-hydroxylation sites is 1. The number of aryl methyl sites for hydroxylation is 2. The number of nitrogens with zero attached hydrogens (tertiary/aromatic N) is 2. The van der Waals surface area contributed by atoms with Crippen molar-refractivity contribution in [2.45, 2.75) is 19.9 Å². The molecular formula is C16H17N3OS. The summed E-state index contributed by atoms with van der Waals surface area (Å²) in [4.78, 5) is 17.7. The third kappa shape index (κ3) is 2.56. The minimum absolute atomic E-state index is 0.0151. The van der Waals surface area contributed by atoms with Gasteiger partial charge in [-0.15, -0.1) is 11.3 Å². The van der Waals surface area contributed by atoms with Gasteiger partial charge in [-0.2, -0.15) is 0 Å². The van der Waals surface area contributed by atoms with Gasteiger partial charge in [0, 0.05) is 35.3 Å². The van der Waals surface area contributed by atoms with E-state index in [2.05, 4.69) is 17.2 Å². The predicted molar refractivity (Wildman–Crippen MR) is 88.1 cm³/mol. The van der Waals surface area contributed by atoms with E-state index in [1.54, 1.807) is 29.0 Å². The van der Waals surface area contributed by atoms with Crippen molar-refractivity contribution in [3.05, 3.63) is 56.8 Å². The standard InChI is InChI=1S/C16H17N3OS/c1-10-9-17-16(21-10)11(2)18-13-8-15(20)19(3)14-7-5-4-6-12(13)14/h4-9,11,18H,1-3H3. The van der Waals surface area contributed by atoms with Crippen molar-refractivity contribution >= 4 is 27.9 Å². The molecule has 1 aromatic carbocycles. The van der Waals surface area contributed by atoms with Crippen LogP contribution in [-0.2, 0) is 7.05 Å². The lowest BCUT2D eigenvalue weighted by atomic mass is 10.1. The molecule has 21 heavy (non-hydrogen) atoms. The van der Waals surface area contributed by atoms with E-state index in [1.165, 1.54) is 4.88 Å². The van der Waals surface area contributed by atoms with E-state index in [1.807, 2.05) is 37.4 Å². The average Bonchev–Trinajstić information content (AvgIpc) is 2.91. The van der Waals surface area contributed by atoms with Crippen molar-refractivity contribution in [1.29, 1.82) is 0 Å². The maximum Gasteiger partial charge on any atom is 0.252 e. The summed E-state index contributed by atoms with van der Waals surface area (Å²) >= 11 is 1.67. The predicted octanol–water partition coefficient (Wildman–Crippen LogP) is 3.48. The molecule has 0 radical (unpaired) electrons. The molecule has 0 aliphatic heterocycles. The van der Waals surface area contributed by atoms with Crippen molar-refractivity contribution < 1.29 is 0 Å². The fourth-order valence-corrected chi connectivity index (χ4v) is 3.17. The van der Waals surface area contributed by atoms with E-state index >= 15 is 0 Å². The number of rotatable bonds is 3.